The van der Waals surface area contributed by atoms with E-state index in [1.165, 1.54) is 0 Å². The fraction of sp³-hybridized carbons (Fsp3) is 0.346. The Morgan fingerprint density at radius 1 is 1.09 bits per heavy atom. The zero-order valence-electron chi connectivity index (χ0n) is 19.9. The molecule has 0 atom stereocenters. The molecule has 2 aromatic carbocycles. The number of aromatic nitrogens is 2. The highest BCUT2D eigenvalue weighted by Gasteiger charge is 2.23. The van der Waals surface area contributed by atoms with Gasteiger partial charge in [-0.1, -0.05) is 55.8 Å². The molecule has 1 N–H and O–H groups in total. The third kappa shape index (κ3) is 6.32. The van der Waals surface area contributed by atoms with Crippen LogP contribution in [-0.4, -0.2) is 39.6 Å². The van der Waals surface area contributed by atoms with Gasteiger partial charge in [-0.15, -0.1) is 0 Å². The van der Waals surface area contributed by atoms with Crippen molar-refractivity contribution in [2.24, 2.45) is 0 Å². The highest BCUT2D eigenvalue weighted by Crippen LogP contribution is 2.26. The van der Waals surface area contributed by atoms with Crippen molar-refractivity contribution in [1.29, 1.82) is 0 Å². The van der Waals surface area contributed by atoms with E-state index in [2.05, 4.69) is 42.0 Å². The summed E-state index contributed by atoms with van der Waals surface area (Å²) in [5.74, 6) is 0.160. The summed E-state index contributed by atoms with van der Waals surface area (Å²) in [7, 11) is 0. The minimum Gasteiger partial charge on any atom is -0.329 e. The van der Waals surface area contributed by atoms with Crippen molar-refractivity contribution in [1.82, 2.24) is 14.7 Å². The van der Waals surface area contributed by atoms with Crippen molar-refractivity contribution < 1.29 is 9.59 Å². The van der Waals surface area contributed by atoms with E-state index in [9.17, 15) is 9.59 Å². The molecule has 33 heavy (non-hydrogen) atoms. The molecule has 174 valence electrons. The van der Waals surface area contributed by atoms with E-state index in [-0.39, 0.29) is 23.8 Å². The summed E-state index contributed by atoms with van der Waals surface area (Å²) in [6, 6.07) is 17.0. The molecule has 0 saturated carbocycles. The standard InChI is InChI=1S/C26H31BrN4O2/c1-6-14-30(25(33)19-10-12-20(27)13-11-19)17-24(32)28-23-16-22(26(3,4)5)29-31(23)21-9-7-8-18(2)15-21/h7-13,15-16H,6,14,17H2,1-5H3,(H,28,32). The predicted octanol–water partition coefficient (Wildman–Crippen LogP) is 5.73. The number of carbonyl (C=O) groups excluding carboxylic acids is 2. The second-order valence-electron chi connectivity index (χ2n) is 9.20. The van der Waals surface area contributed by atoms with Gasteiger partial charge in [0, 0.05) is 28.1 Å². The Hall–Kier alpha value is -2.93. The smallest absolute Gasteiger partial charge is 0.254 e. The number of nitrogens with one attached hydrogen (secondary N) is 1. The topological polar surface area (TPSA) is 67.2 Å². The van der Waals surface area contributed by atoms with Gasteiger partial charge < -0.3 is 10.2 Å². The first kappa shape index (κ1) is 24.7. The summed E-state index contributed by atoms with van der Waals surface area (Å²) >= 11 is 3.39. The van der Waals surface area contributed by atoms with Crippen molar-refractivity contribution in [2.75, 3.05) is 18.4 Å². The summed E-state index contributed by atoms with van der Waals surface area (Å²) in [5.41, 5.74) is 3.22. The van der Waals surface area contributed by atoms with Gasteiger partial charge in [-0.3, -0.25) is 9.59 Å². The van der Waals surface area contributed by atoms with Crippen LogP contribution in [0.1, 0.15) is 55.7 Å². The Morgan fingerprint density at radius 3 is 2.39 bits per heavy atom. The normalized spacial score (nSPS) is 11.3. The minimum absolute atomic E-state index is 0.0351. The van der Waals surface area contributed by atoms with E-state index >= 15 is 0 Å². The van der Waals surface area contributed by atoms with Crippen LogP contribution >= 0.6 is 15.9 Å². The quantitative estimate of drug-likeness (QED) is 0.441. The lowest BCUT2D eigenvalue weighted by Crippen LogP contribution is -2.38. The molecule has 2 amide bonds. The zero-order valence-corrected chi connectivity index (χ0v) is 21.4. The summed E-state index contributed by atoms with van der Waals surface area (Å²) in [6.45, 7) is 10.7. The third-order valence-electron chi connectivity index (χ3n) is 5.20. The molecular formula is C26H31BrN4O2. The Labute approximate surface area is 204 Å². The molecule has 0 aliphatic rings. The van der Waals surface area contributed by atoms with E-state index in [1.807, 2.05) is 56.3 Å². The first-order chi connectivity index (χ1) is 15.6. The maximum atomic E-state index is 13.0. The van der Waals surface area contributed by atoms with Gasteiger partial charge in [0.05, 0.1) is 11.4 Å². The number of nitrogens with zero attached hydrogens (tertiary/aromatic N) is 3. The van der Waals surface area contributed by atoms with Crippen LogP contribution in [-0.2, 0) is 10.2 Å². The van der Waals surface area contributed by atoms with Crippen LogP contribution in [0.4, 0.5) is 5.82 Å². The van der Waals surface area contributed by atoms with Gasteiger partial charge >= 0.3 is 0 Å². The molecule has 0 spiro atoms. The van der Waals surface area contributed by atoms with Crippen LogP contribution in [0.2, 0.25) is 0 Å². The van der Waals surface area contributed by atoms with Gasteiger partial charge in [-0.25, -0.2) is 4.68 Å². The number of benzene rings is 2. The molecule has 0 radical (unpaired) electrons. The van der Waals surface area contributed by atoms with E-state index in [0.29, 0.717) is 17.9 Å². The lowest BCUT2D eigenvalue weighted by molar-refractivity contribution is -0.116. The largest absolute Gasteiger partial charge is 0.329 e. The lowest BCUT2D eigenvalue weighted by Gasteiger charge is -2.22. The minimum atomic E-state index is -0.261. The Morgan fingerprint density at radius 2 is 1.79 bits per heavy atom. The fourth-order valence-electron chi connectivity index (χ4n) is 3.45. The number of hydrogen-bond donors (Lipinski definition) is 1. The highest BCUT2D eigenvalue weighted by atomic mass is 79.9. The molecule has 0 aliphatic carbocycles. The van der Waals surface area contributed by atoms with Crippen LogP contribution in [0.15, 0.2) is 59.1 Å². The first-order valence-electron chi connectivity index (χ1n) is 11.1. The SMILES string of the molecule is CCCN(CC(=O)Nc1cc(C(C)(C)C)nn1-c1cccc(C)c1)C(=O)c1ccc(Br)cc1. The molecular weight excluding hydrogens is 480 g/mol. The second-order valence-corrected chi connectivity index (χ2v) is 10.1. The molecule has 0 fully saturated rings. The van der Waals surface area contributed by atoms with Gasteiger partial charge in [0.1, 0.15) is 12.4 Å². The Bertz CT molecular complexity index is 1130. The molecule has 7 heteroatoms. The summed E-state index contributed by atoms with van der Waals surface area (Å²) in [5, 5.41) is 7.75. The molecule has 0 saturated heterocycles. The van der Waals surface area contributed by atoms with E-state index in [1.54, 1.807) is 21.7 Å². The number of halogens is 1. The number of anilines is 1. The Kier molecular flexibility index (Phi) is 7.74. The number of amides is 2. The van der Waals surface area contributed by atoms with Gasteiger partial charge in [0.2, 0.25) is 5.91 Å². The van der Waals surface area contributed by atoms with Crippen molar-refractivity contribution in [3.63, 3.8) is 0 Å². The fourth-order valence-corrected chi connectivity index (χ4v) is 3.71. The molecule has 3 rings (SSSR count). The summed E-state index contributed by atoms with van der Waals surface area (Å²) in [4.78, 5) is 27.6. The molecule has 0 aliphatic heterocycles. The summed E-state index contributed by atoms with van der Waals surface area (Å²) < 4.78 is 2.66. The second kappa shape index (κ2) is 10.3. The van der Waals surface area contributed by atoms with E-state index < -0.39 is 0 Å². The van der Waals surface area contributed by atoms with Gasteiger partial charge in [0.15, 0.2) is 0 Å². The van der Waals surface area contributed by atoms with Gasteiger partial charge in [0.25, 0.3) is 5.91 Å². The summed E-state index contributed by atoms with van der Waals surface area (Å²) in [6.07, 6.45) is 0.755. The number of aryl methyl sites for hydroxylation is 1. The van der Waals surface area contributed by atoms with Crippen molar-refractivity contribution in [3.8, 4) is 5.69 Å². The average molecular weight is 511 g/mol. The molecule has 3 aromatic rings. The third-order valence-corrected chi connectivity index (χ3v) is 5.73. The van der Waals surface area contributed by atoms with Crippen LogP contribution in [0.25, 0.3) is 5.69 Å². The number of hydrogen-bond acceptors (Lipinski definition) is 3. The molecule has 1 heterocycles. The zero-order chi connectivity index (χ0) is 24.2. The van der Waals surface area contributed by atoms with Gasteiger partial charge in [-0.05, 0) is 55.3 Å². The van der Waals surface area contributed by atoms with E-state index in [4.69, 9.17) is 5.10 Å². The monoisotopic (exact) mass is 510 g/mol. The van der Waals surface area contributed by atoms with Crippen LogP contribution in [0.5, 0.6) is 0 Å². The van der Waals surface area contributed by atoms with Crippen molar-refractivity contribution in [3.05, 3.63) is 75.9 Å². The lowest BCUT2D eigenvalue weighted by atomic mass is 9.92. The highest BCUT2D eigenvalue weighted by molar-refractivity contribution is 9.10. The maximum Gasteiger partial charge on any atom is 0.254 e. The number of carbonyl (C=O) groups is 2. The van der Waals surface area contributed by atoms with Crippen LogP contribution in [0, 0.1) is 6.92 Å². The molecule has 0 unspecified atom stereocenters. The predicted molar refractivity (Wildman–Crippen MR) is 136 cm³/mol. The number of rotatable bonds is 7. The average Bonchev–Trinajstić information content (AvgIpc) is 3.18. The van der Waals surface area contributed by atoms with Crippen molar-refractivity contribution in [2.45, 2.75) is 46.5 Å². The maximum absolute atomic E-state index is 13.0. The van der Waals surface area contributed by atoms with E-state index in [0.717, 1.165) is 27.8 Å². The molecule has 0 bridgehead atoms. The molecule has 6 nitrogen and oxygen atoms in total. The van der Waals surface area contributed by atoms with Crippen LogP contribution in [0.3, 0.4) is 0 Å². The first-order valence-corrected chi connectivity index (χ1v) is 11.9. The Balaban J connectivity index is 1.85. The van der Waals surface area contributed by atoms with Crippen LogP contribution < -0.4 is 5.32 Å². The van der Waals surface area contributed by atoms with Gasteiger partial charge in [-0.2, -0.15) is 5.10 Å². The van der Waals surface area contributed by atoms with Crippen molar-refractivity contribution >= 4 is 33.6 Å². The molecule has 1 aromatic heterocycles.